The molecule has 1 aromatic carbocycles. The van der Waals surface area contributed by atoms with Crippen molar-refractivity contribution in [1.29, 1.82) is 0 Å². The fourth-order valence-corrected chi connectivity index (χ4v) is 3.96. The van der Waals surface area contributed by atoms with Crippen molar-refractivity contribution in [3.63, 3.8) is 0 Å². The minimum atomic E-state index is -3.93. The number of sulfonamides is 1. The standard InChI is InChI=1S/C17H19BrN4O5S/c1-11(23)12-4-6-14(7-5-12)28(26,27)22(3)10-16(24)19-20-17(25)15-8-13(18)9-21(15)2/h4-9H,10H2,1-3H3,(H,19,24)(H,20,25). The summed E-state index contributed by atoms with van der Waals surface area (Å²) in [4.78, 5) is 35.3. The van der Waals surface area contributed by atoms with Crippen molar-refractivity contribution in [3.8, 4) is 0 Å². The molecular weight excluding hydrogens is 452 g/mol. The van der Waals surface area contributed by atoms with Crippen LogP contribution in [0, 0.1) is 0 Å². The Bertz CT molecular complexity index is 1010. The number of aryl methyl sites for hydroxylation is 1. The Kier molecular flexibility index (Phi) is 6.75. The van der Waals surface area contributed by atoms with Gasteiger partial charge in [-0.15, -0.1) is 0 Å². The molecule has 2 aromatic rings. The molecule has 11 heteroatoms. The van der Waals surface area contributed by atoms with E-state index in [9.17, 15) is 22.8 Å². The molecule has 1 aromatic heterocycles. The van der Waals surface area contributed by atoms with Crippen molar-refractivity contribution in [2.24, 2.45) is 7.05 Å². The average molecular weight is 471 g/mol. The number of aromatic nitrogens is 1. The summed E-state index contributed by atoms with van der Waals surface area (Å²) in [5, 5.41) is 0. The van der Waals surface area contributed by atoms with Crippen LogP contribution in [0.2, 0.25) is 0 Å². The lowest BCUT2D eigenvalue weighted by atomic mass is 10.2. The van der Waals surface area contributed by atoms with E-state index in [1.165, 1.54) is 38.2 Å². The zero-order valence-electron chi connectivity index (χ0n) is 15.4. The molecule has 28 heavy (non-hydrogen) atoms. The molecule has 2 rings (SSSR count). The fraction of sp³-hybridized carbons (Fsp3) is 0.235. The summed E-state index contributed by atoms with van der Waals surface area (Å²) in [6.45, 7) is 0.871. The third-order valence-corrected chi connectivity index (χ3v) is 6.11. The van der Waals surface area contributed by atoms with Crippen molar-refractivity contribution >= 4 is 43.6 Å². The van der Waals surface area contributed by atoms with Crippen LogP contribution in [0.25, 0.3) is 0 Å². The highest BCUT2D eigenvalue weighted by atomic mass is 79.9. The Morgan fingerprint density at radius 1 is 1.14 bits per heavy atom. The van der Waals surface area contributed by atoms with E-state index >= 15 is 0 Å². The van der Waals surface area contributed by atoms with Gasteiger partial charge in [-0.25, -0.2) is 8.42 Å². The summed E-state index contributed by atoms with van der Waals surface area (Å²) in [7, 11) is -1.03. The van der Waals surface area contributed by atoms with E-state index < -0.39 is 28.4 Å². The first-order valence-electron chi connectivity index (χ1n) is 8.00. The third-order valence-electron chi connectivity index (χ3n) is 3.85. The first-order chi connectivity index (χ1) is 13.0. The van der Waals surface area contributed by atoms with Gasteiger partial charge in [0.15, 0.2) is 5.78 Å². The maximum absolute atomic E-state index is 12.5. The molecule has 0 atom stereocenters. The number of benzene rings is 1. The largest absolute Gasteiger partial charge is 0.345 e. The highest BCUT2D eigenvalue weighted by Gasteiger charge is 2.23. The molecule has 0 radical (unpaired) electrons. The van der Waals surface area contributed by atoms with Gasteiger partial charge in [-0.2, -0.15) is 4.31 Å². The maximum atomic E-state index is 12.5. The summed E-state index contributed by atoms with van der Waals surface area (Å²) < 4.78 is 28.1. The molecule has 0 saturated heterocycles. The summed E-state index contributed by atoms with van der Waals surface area (Å²) in [6.07, 6.45) is 1.68. The van der Waals surface area contributed by atoms with Gasteiger partial charge >= 0.3 is 0 Å². The minimum absolute atomic E-state index is 0.0505. The topological polar surface area (TPSA) is 118 Å². The number of carbonyl (C=O) groups is 3. The average Bonchev–Trinajstić information content (AvgIpc) is 2.97. The molecule has 2 amide bonds. The second-order valence-corrected chi connectivity index (χ2v) is 8.96. The van der Waals surface area contributed by atoms with E-state index in [0.717, 1.165) is 4.31 Å². The Morgan fingerprint density at radius 2 is 1.75 bits per heavy atom. The fourth-order valence-electron chi connectivity index (χ4n) is 2.31. The quantitative estimate of drug-likeness (QED) is 0.483. The third kappa shape index (κ3) is 5.06. The Hall–Kier alpha value is -2.50. The number of hydrogen-bond donors (Lipinski definition) is 2. The molecular formula is C17H19BrN4O5S. The molecule has 0 aliphatic carbocycles. The van der Waals surface area contributed by atoms with Gasteiger partial charge in [-0.05, 0) is 41.1 Å². The predicted molar refractivity (Wildman–Crippen MR) is 105 cm³/mol. The van der Waals surface area contributed by atoms with Gasteiger partial charge < -0.3 is 4.57 Å². The number of likely N-dealkylation sites (N-methyl/N-ethyl adjacent to an activating group) is 1. The molecule has 9 nitrogen and oxygen atoms in total. The number of hydrazine groups is 1. The van der Waals surface area contributed by atoms with E-state index in [0.29, 0.717) is 15.7 Å². The predicted octanol–water partition coefficient (Wildman–Crippen LogP) is 1.07. The van der Waals surface area contributed by atoms with Crippen LogP contribution in [0.15, 0.2) is 45.9 Å². The van der Waals surface area contributed by atoms with Crippen LogP contribution in [0.1, 0.15) is 27.8 Å². The van der Waals surface area contributed by atoms with E-state index in [4.69, 9.17) is 0 Å². The normalized spacial score (nSPS) is 11.3. The van der Waals surface area contributed by atoms with Crippen molar-refractivity contribution in [3.05, 3.63) is 52.3 Å². The molecule has 0 unspecified atom stereocenters. The molecule has 150 valence electrons. The Labute approximate surface area is 170 Å². The van der Waals surface area contributed by atoms with Crippen LogP contribution in [-0.4, -0.2) is 48.5 Å². The molecule has 0 spiro atoms. The van der Waals surface area contributed by atoms with E-state index in [1.807, 2.05) is 0 Å². The smallest absolute Gasteiger partial charge is 0.286 e. The van der Waals surface area contributed by atoms with E-state index in [-0.39, 0.29) is 10.7 Å². The molecule has 1 heterocycles. The monoisotopic (exact) mass is 470 g/mol. The van der Waals surface area contributed by atoms with Crippen LogP contribution >= 0.6 is 15.9 Å². The number of nitrogens with one attached hydrogen (secondary N) is 2. The zero-order chi connectivity index (χ0) is 21.1. The SMILES string of the molecule is CC(=O)c1ccc(S(=O)(=O)N(C)CC(=O)NNC(=O)c2cc(Br)cn2C)cc1. The van der Waals surface area contributed by atoms with E-state index in [2.05, 4.69) is 26.8 Å². The van der Waals surface area contributed by atoms with Crippen LogP contribution in [-0.2, 0) is 21.9 Å². The van der Waals surface area contributed by atoms with Crippen LogP contribution in [0.4, 0.5) is 0 Å². The number of Topliss-reactive ketones (excluding diaryl/α,β-unsaturated/α-hetero) is 1. The minimum Gasteiger partial charge on any atom is -0.345 e. The highest BCUT2D eigenvalue weighted by Crippen LogP contribution is 2.15. The summed E-state index contributed by atoms with van der Waals surface area (Å²) in [6, 6.07) is 6.98. The van der Waals surface area contributed by atoms with Gasteiger partial charge in [-0.3, -0.25) is 25.2 Å². The Balaban J connectivity index is 1.97. The first kappa shape index (κ1) is 21.8. The number of hydrogen-bond acceptors (Lipinski definition) is 5. The van der Waals surface area contributed by atoms with E-state index in [1.54, 1.807) is 23.9 Å². The number of amides is 2. The Morgan fingerprint density at radius 3 is 2.25 bits per heavy atom. The van der Waals surface area contributed by atoms with Crippen molar-refractivity contribution in [2.75, 3.05) is 13.6 Å². The number of carbonyl (C=O) groups excluding carboxylic acids is 3. The highest BCUT2D eigenvalue weighted by molar-refractivity contribution is 9.10. The molecule has 0 aliphatic rings. The van der Waals surface area contributed by atoms with Crippen LogP contribution < -0.4 is 10.9 Å². The van der Waals surface area contributed by atoms with Gasteiger partial charge in [0.05, 0.1) is 11.4 Å². The summed E-state index contributed by atoms with van der Waals surface area (Å²) in [5.41, 5.74) is 5.10. The number of nitrogens with zero attached hydrogens (tertiary/aromatic N) is 2. The number of ketones is 1. The number of rotatable bonds is 6. The number of halogens is 1. The van der Waals surface area contributed by atoms with Gasteiger partial charge in [0.25, 0.3) is 11.8 Å². The van der Waals surface area contributed by atoms with Crippen LogP contribution in [0.5, 0.6) is 0 Å². The lowest BCUT2D eigenvalue weighted by Crippen LogP contribution is -2.47. The second kappa shape index (κ2) is 8.67. The lowest BCUT2D eigenvalue weighted by Gasteiger charge is -2.17. The second-order valence-electron chi connectivity index (χ2n) is 6.00. The van der Waals surface area contributed by atoms with Gasteiger partial charge in [-0.1, -0.05) is 12.1 Å². The van der Waals surface area contributed by atoms with Crippen molar-refractivity contribution in [1.82, 2.24) is 19.7 Å². The van der Waals surface area contributed by atoms with Gasteiger partial charge in [0.2, 0.25) is 10.0 Å². The van der Waals surface area contributed by atoms with Crippen molar-refractivity contribution in [2.45, 2.75) is 11.8 Å². The van der Waals surface area contributed by atoms with Gasteiger partial charge in [0, 0.05) is 30.3 Å². The molecule has 2 N–H and O–H groups in total. The van der Waals surface area contributed by atoms with Crippen LogP contribution in [0.3, 0.4) is 0 Å². The molecule has 0 bridgehead atoms. The maximum Gasteiger partial charge on any atom is 0.286 e. The summed E-state index contributed by atoms with van der Waals surface area (Å²) >= 11 is 3.24. The van der Waals surface area contributed by atoms with Gasteiger partial charge in [0.1, 0.15) is 5.69 Å². The zero-order valence-corrected chi connectivity index (χ0v) is 17.8. The molecule has 0 saturated carbocycles. The molecule has 0 fully saturated rings. The lowest BCUT2D eigenvalue weighted by molar-refractivity contribution is -0.121. The molecule has 0 aliphatic heterocycles. The first-order valence-corrected chi connectivity index (χ1v) is 10.2. The van der Waals surface area contributed by atoms with Crippen molar-refractivity contribution < 1.29 is 22.8 Å². The summed E-state index contributed by atoms with van der Waals surface area (Å²) in [5.74, 6) is -1.45.